The molecule has 1 aliphatic heterocycles. The van der Waals surface area contributed by atoms with Gasteiger partial charge in [0.05, 0.1) is 18.8 Å². The average molecular weight is 292 g/mol. The number of carbonyl (C=O) groups excluding carboxylic acids is 1. The lowest BCUT2D eigenvalue weighted by Gasteiger charge is -2.30. The van der Waals surface area contributed by atoms with Crippen LogP contribution in [-0.2, 0) is 4.74 Å². The maximum Gasteiger partial charge on any atom is 0.253 e. The molecule has 0 bridgehead atoms. The number of ether oxygens (including phenoxy) is 1. The van der Waals surface area contributed by atoms with Gasteiger partial charge in [-0.1, -0.05) is 0 Å². The van der Waals surface area contributed by atoms with E-state index in [0.717, 1.165) is 38.5 Å². The number of hydrogen-bond acceptors (Lipinski definition) is 5. The van der Waals surface area contributed by atoms with Gasteiger partial charge in [0.15, 0.2) is 0 Å². The number of nitrogen functional groups attached to an aromatic ring is 1. The fourth-order valence-electron chi connectivity index (χ4n) is 2.50. The van der Waals surface area contributed by atoms with E-state index in [0.29, 0.717) is 11.3 Å². The predicted octanol–water partition coefficient (Wildman–Crippen LogP) is 0.761. The summed E-state index contributed by atoms with van der Waals surface area (Å²) in [6.07, 6.45) is 0. The Morgan fingerprint density at radius 2 is 2.14 bits per heavy atom. The van der Waals surface area contributed by atoms with Crippen molar-refractivity contribution in [2.45, 2.75) is 13.0 Å². The third kappa shape index (κ3) is 4.34. The molecule has 1 atom stereocenters. The molecule has 1 aromatic carbocycles. The summed E-state index contributed by atoms with van der Waals surface area (Å²) in [6.45, 7) is 6.48. The molecule has 0 aliphatic carbocycles. The molecule has 1 saturated heterocycles. The average Bonchev–Trinajstić information content (AvgIpc) is 2.47. The zero-order valence-corrected chi connectivity index (χ0v) is 12.7. The Labute approximate surface area is 125 Å². The molecule has 21 heavy (non-hydrogen) atoms. The van der Waals surface area contributed by atoms with E-state index in [1.165, 1.54) is 0 Å². The zero-order chi connectivity index (χ0) is 15.2. The van der Waals surface area contributed by atoms with Gasteiger partial charge in [-0.05, 0) is 25.1 Å². The number of nitrogens with two attached hydrogens (primary N) is 1. The first-order chi connectivity index (χ1) is 10.1. The van der Waals surface area contributed by atoms with Gasteiger partial charge in [-0.3, -0.25) is 9.69 Å². The van der Waals surface area contributed by atoms with E-state index < -0.39 is 0 Å². The topological polar surface area (TPSA) is 79.6 Å². The molecule has 1 aliphatic rings. The van der Waals surface area contributed by atoms with E-state index in [1.807, 2.05) is 0 Å². The van der Waals surface area contributed by atoms with Crippen molar-refractivity contribution in [3.63, 3.8) is 0 Å². The van der Waals surface area contributed by atoms with Crippen LogP contribution < -0.4 is 16.4 Å². The van der Waals surface area contributed by atoms with Gasteiger partial charge in [-0.15, -0.1) is 0 Å². The Balaban J connectivity index is 2.03. The molecule has 1 aromatic rings. The molecule has 116 valence electrons. The summed E-state index contributed by atoms with van der Waals surface area (Å²) in [7, 11) is 1.62. The maximum atomic E-state index is 11.9. The van der Waals surface area contributed by atoms with Crippen LogP contribution >= 0.6 is 0 Å². The van der Waals surface area contributed by atoms with Gasteiger partial charge in [0, 0.05) is 44.1 Å². The summed E-state index contributed by atoms with van der Waals surface area (Å²) < 4.78 is 5.35. The van der Waals surface area contributed by atoms with Gasteiger partial charge in [0.25, 0.3) is 5.91 Å². The molecule has 0 radical (unpaired) electrons. The highest BCUT2D eigenvalue weighted by molar-refractivity contribution is 6.00. The van der Waals surface area contributed by atoms with Crippen molar-refractivity contribution in [1.29, 1.82) is 0 Å². The third-order valence-corrected chi connectivity index (χ3v) is 3.55. The van der Waals surface area contributed by atoms with E-state index in [4.69, 9.17) is 10.5 Å². The number of nitrogens with one attached hydrogen (secondary N) is 2. The quantitative estimate of drug-likeness (QED) is 0.698. The molecule has 0 aromatic heterocycles. The Kier molecular flexibility index (Phi) is 5.41. The summed E-state index contributed by atoms with van der Waals surface area (Å²) >= 11 is 0. The molecule has 4 N–H and O–H groups in total. The lowest BCUT2D eigenvalue weighted by atomic mass is 10.1. The van der Waals surface area contributed by atoms with E-state index in [-0.39, 0.29) is 11.9 Å². The van der Waals surface area contributed by atoms with Gasteiger partial charge in [-0.2, -0.15) is 0 Å². The van der Waals surface area contributed by atoms with Crippen molar-refractivity contribution in [1.82, 2.24) is 10.2 Å². The Hall–Kier alpha value is -1.79. The molecule has 1 unspecified atom stereocenters. The standard InChI is InChI=1S/C15H24N4O2/c1-11(10-19-5-7-21-8-6-19)18-14-9-12(16)3-4-13(14)15(20)17-2/h3-4,9,11,18H,5-8,10,16H2,1-2H3,(H,17,20). The second-order valence-electron chi connectivity index (χ2n) is 5.34. The summed E-state index contributed by atoms with van der Waals surface area (Å²) in [6, 6.07) is 5.51. The maximum absolute atomic E-state index is 11.9. The second kappa shape index (κ2) is 7.28. The number of amides is 1. The molecule has 6 heteroatoms. The monoisotopic (exact) mass is 292 g/mol. The Morgan fingerprint density at radius 3 is 2.81 bits per heavy atom. The van der Waals surface area contributed by atoms with Gasteiger partial charge in [0.2, 0.25) is 0 Å². The molecular weight excluding hydrogens is 268 g/mol. The summed E-state index contributed by atoms with van der Waals surface area (Å²) in [5.41, 5.74) is 7.86. The van der Waals surface area contributed by atoms with Crippen LogP contribution in [0.25, 0.3) is 0 Å². The SMILES string of the molecule is CNC(=O)c1ccc(N)cc1NC(C)CN1CCOCC1. The Bertz CT molecular complexity index is 487. The van der Waals surface area contributed by atoms with Crippen LogP contribution in [0.1, 0.15) is 17.3 Å². The molecule has 0 spiro atoms. The highest BCUT2D eigenvalue weighted by Crippen LogP contribution is 2.20. The van der Waals surface area contributed by atoms with Crippen LogP contribution in [0, 0.1) is 0 Å². The van der Waals surface area contributed by atoms with E-state index >= 15 is 0 Å². The van der Waals surface area contributed by atoms with Crippen molar-refractivity contribution in [3.05, 3.63) is 23.8 Å². The molecule has 1 heterocycles. The normalized spacial score (nSPS) is 17.2. The van der Waals surface area contributed by atoms with Gasteiger partial charge in [-0.25, -0.2) is 0 Å². The molecule has 1 fully saturated rings. The Morgan fingerprint density at radius 1 is 1.43 bits per heavy atom. The van der Waals surface area contributed by atoms with Crippen LogP contribution in [0.3, 0.4) is 0 Å². The number of anilines is 2. The zero-order valence-electron chi connectivity index (χ0n) is 12.7. The van der Waals surface area contributed by atoms with Crippen molar-refractivity contribution in [2.75, 3.05) is 50.9 Å². The molecule has 2 rings (SSSR count). The van der Waals surface area contributed by atoms with Crippen LogP contribution in [0.15, 0.2) is 18.2 Å². The van der Waals surface area contributed by atoms with Crippen molar-refractivity contribution < 1.29 is 9.53 Å². The first-order valence-electron chi connectivity index (χ1n) is 7.28. The first-order valence-corrected chi connectivity index (χ1v) is 7.28. The number of hydrogen-bond donors (Lipinski definition) is 3. The summed E-state index contributed by atoms with van der Waals surface area (Å²) in [5.74, 6) is -0.115. The van der Waals surface area contributed by atoms with Gasteiger partial charge in [0.1, 0.15) is 0 Å². The fourth-order valence-corrected chi connectivity index (χ4v) is 2.50. The highest BCUT2D eigenvalue weighted by Gasteiger charge is 2.16. The first kappa shape index (κ1) is 15.6. The summed E-state index contributed by atoms with van der Waals surface area (Å²) in [5, 5.41) is 6.04. The lowest BCUT2D eigenvalue weighted by Crippen LogP contribution is -2.42. The van der Waals surface area contributed by atoms with Crippen LogP contribution in [0.2, 0.25) is 0 Å². The molecule has 0 saturated carbocycles. The minimum Gasteiger partial charge on any atom is -0.399 e. The molecule has 1 amide bonds. The predicted molar refractivity (Wildman–Crippen MR) is 84.6 cm³/mol. The van der Waals surface area contributed by atoms with Crippen LogP contribution in [0.5, 0.6) is 0 Å². The van der Waals surface area contributed by atoms with E-state index in [2.05, 4.69) is 22.5 Å². The van der Waals surface area contributed by atoms with Gasteiger partial charge < -0.3 is 21.1 Å². The largest absolute Gasteiger partial charge is 0.399 e. The lowest BCUT2D eigenvalue weighted by molar-refractivity contribution is 0.0368. The third-order valence-electron chi connectivity index (χ3n) is 3.55. The summed E-state index contributed by atoms with van der Waals surface area (Å²) in [4.78, 5) is 14.3. The van der Waals surface area contributed by atoms with Gasteiger partial charge >= 0.3 is 0 Å². The number of benzene rings is 1. The van der Waals surface area contributed by atoms with Crippen molar-refractivity contribution >= 4 is 17.3 Å². The van der Waals surface area contributed by atoms with E-state index in [9.17, 15) is 4.79 Å². The smallest absolute Gasteiger partial charge is 0.253 e. The highest BCUT2D eigenvalue weighted by atomic mass is 16.5. The minimum atomic E-state index is -0.115. The number of morpholine rings is 1. The molecule has 6 nitrogen and oxygen atoms in total. The number of nitrogens with zero attached hydrogens (tertiary/aromatic N) is 1. The van der Waals surface area contributed by atoms with Crippen LogP contribution in [-0.4, -0.2) is 56.7 Å². The minimum absolute atomic E-state index is 0.115. The van der Waals surface area contributed by atoms with Crippen molar-refractivity contribution in [3.8, 4) is 0 Å². The number of carbonyl (C=O) groups is 1. The van der Waals surface area contributed by atoms with Crippen LogP contribution in [0.4, 0.5) is 11.4 Å². The van der Waals surface area contributed by atoms with E-state index in [1.54, 1.807) is 25.2 Å². The second-order valence-corrected chi connectivity index (χ2v) is 5.34. The van der Waals surface area contributed by atoms with Crippen molar-refractivity contribution in [2.24, 2.45) is 0 Å². The fraction of sp³-hybridized carbons (Fsp3) is 0.533. The number of rotatable bonds is 5. The molecular formula is C15H24N4O2.